The summed E-state index contributed by atoms with van der Waals surface area (Å²) >= 11 is 0. The summed E-state index contributed by atoms with van der Waals surface area (Å²) in [6.45, 7) is 3.86. The van der Waals surface area contributed by atoms with Crippen molar-refractivity contribution in [3.63, 3.8) is 0 Å². The molecule has 16 heavy (non-hydrogen) atoms. The van der Waals surface area contributed by atoms with E-state index < -0.39 is 9.84 Å². The second-order valence-corrected chi connectivity index (χ2v) is 6.10. The van der Waals surface area contributed by atoms with Crippen molar-refractivity contribution in [3.8, 4) is 0 Å². The first-order chi connectivity index (χ1) is 7.46. The molecule has 0 radical (unpaired) electrons. The average Bonchev–Trinajstić information content (AvgIpc) is 2.63. The molecule has 0 aliphatic heterocycles. The predicted molar refractivity (Wildman–Crippen MR) is 61.0 cm³/mol. The minimum Gasteiger partial charge on any atom is -0.457 e. The zero-order valence-corrected chi connectivity index (χ0v) is 10.3. The maximum Gasteiger partial charge on any atom is 0.185 e. The van der Waals surface area contributed by atoms with Crippen molar-refractivity contribution in [2.45, 2.75) is 26.0 Å². The zero-order valence-electron chi connectivity index (χ0n) is 9.47. The van der Waals surface area contributed by atoms with Crippen LogP contribution in [0.1, 0.15) is 36.6 Å². The van der Waals surface area contributed by atoms with Crippen molar-refractivity contribution >= 4 is 16.1 Å². The number of rotatable bonds is 6. The fraction of sp³-hybridized carbons (Fsp3) is 0.545. The van der Waals surface area contributed by atoms with Crippen LogP contribution in [-0.2, 0) is 15.6 Å². The molecule has 0 amide bonds. The molecular formula is C11H16O4S. The van der Waals surface area contributed by atoms with Gasteiger partial charge in [0.25, 0.3) is 0 Å². The minimum absolute atomic E-state index is 0.134. The van der Waals surface area contributed by atoms with E-state index in [0.717, 1.165) is 6.42 Å². The molecule has 0 aliphatic rings. The van der Waals surface area contributed by atoms with Crippen LogP contribution in [0.5, 0.6) is 0 Å². The SMILES string of the molecule is CCC(C)CS(=O)(=O)Cc1ccc(C=O)o1. The number of hydrogen-bond acceptors (Lipinski definition) is 4. The molecule has 1 aromatic rings. The summed E-state index contributed by atoms with van der Waals surface area (Å²) in [6, 6.07) is 3.00. The Morgan fingerprint density at radius 2 is 2.12 bits per heavy atom. The van der Waals surface area contributed by atoms with Gasteiger partial charge in [-0.25, -0.2) is 8.42 Å². The van der Waals surface area contributed by atoms with E-state index in [1.807, 2.05) is 13.8 Å². The number of carbonyl (C=O) groups is 1. The Morgan fingerprint density at radius 1 is 1.44 bits per heavy atom. The molecule has 0 aliphatic carbocycles. The molecule has 0 bridgehead atoms. The van der Waals surface area contributed by atoms with Gasteiger partial charge in [0.15, 0.2) is 21.9 Å². The minimum atomic E-state index is -3.15. The Balaban J connectivity index is 2.69. The second-order valence-electron chi connectivity index (χ2n) is 3.99. The van der Waals surface area contributed by atoms with E-state index in [0.29, 0.717) is 12.0 Å². The van der Waals surface area contributed by atoms with E-state index in [1.54, 1.807) is 0 Å². The monoisotopic (exact) mass is 244 g/mol. The molecule has 1 heterocycles. The molecule has 5 heteroatoms. The molecule has 0 saturated heterocycles. The summed E-state index contributed by atoms with van der Waals surface area (Å²) in [5.74, 6) is 0.649. The maximum absolute atomic E-state index is 11.7. The van der Waals surface area contributed by atoms with E-state index in [2.05, 4.69) is 0 Å². The number of aldehydes is 1. The van der Waals surface area contributed by atoms with Gasteiger partial charge < -0.3 is 4.42 Å². The van der Waals surface area contributed by atoms with Crippen molar-refractivity contribution in [3.05, 3.63) is 23.7 Å². The first kappa shape index (κ1) is 13.0. The van der Waals surface area contributed by atoms with Gasteiger partial charge in [0.1, 0.15) is 11.5 Å². The van der Waals surface area contributed by atoms with Crippen molar-refractivity contribution in [2.24, 2.45) is 5.92 Å². The molecule has 1 aromatic heterocycles. The molecule has 0 spiro atoms. The molecule has 4 nitrogen and oxygen atoms in total. The van der Waals surface area contributed by atoms with Crippen LogP contribution in [0.2, 0.25) is 0 Å². The molecule has 1 atom stereocenters. The Bertz CT molecular complexity index is 444. The fourth-order valence-electron chi connectivity index (χ4n) is 1.36. The molecule has 1 rings (SSSR count). The predicted octanol–water partition coefficient (Wildman–Crippen LogP) is 2.05. The lowest BCUT2D eigenvalue weighted by Crippen LogP contribution is -2.15. The Labute approximate surface area is 95.6 Å². The van der Waals surface area contributed by atoms with Crippen LogP contribution in [0, 0.1) is 5.92 Å². The third-order valence-electron chi connectivity index (χ3n) is 2.40. The van der Waals surface area contributed by atoms with E-state index in [-0.39, 0.29) is 23.2 Å². The number of furan rings is 1. The van der Waals surface area contributed by atoms with Crippen LogP contribution < -0.4 is 0 Å². The highest BCUT2D eigenvalue weighted by Gasteiger charge is 2.17. The van der Waals surface area contributed by atoms with Gasteiger partial charge in [-0.2, -0.15) is 0 Å². The van der Waals surface area contributed by atoms with Crippen molar-refractivity contribution in [1.82, 2.24) is 0 Å². The smallest absolute Gasteiger partial charge is 0.185 e. The van der Waals surface area contributed by atoms with Crippen molar-refractivity contribution < 1.29 is 17.6 Å². The second kappa shape index (κ2) is 5.30. The van der Waals surface area contributed by atoms with Crippen LogP contribution in [0.15, 0.2) is 16.5 Å². The van der Waals surface area contributed by atoms with E-state index in [1.165, 1.54) is 12.1 Å². The van der Waals surface area contributed by atoms with Gasteiger partial charge in [0.2, 0.25) is 0 Å². The van der Waals surface area contributed by atoms with Gasteiger partial charge in [0, 0.05) is 0 Å². The molecule has 90 valence electrons. The maximum atomic E-state index is 11.7. The van der Waals surface area contributed by atoms with Crippen molar-refractivity contribution in [1.29, 1.82) is 0 Å². The standard InChI is InChI=1S/C11H16O4S/c1-3-9(2)7-16(13,14)8-11-5-4-10(6-12)15-11/h4-6,9H,3,7-8H2,1-2H3. The normalized spacial score (nSPS) is 13.6. The number of sulfone groups is 1. The van der Waals surface area contributed by atoms with Crippen LogP contribution in [0.3, 0.4) is 0 Å². The lowest BCUT2D eigenvalue weighted by Gasteiger charge is -2.07. The quantitative estimate of drug-likeness (QED) is 0.718. The fourth-order valence-corrected chi connectivity index (χ4v) is 3.17. The summed E-state index contributed by atoms with van der Waals surface area (Å²) in [5.41, 5.74) is 0. The van der Waals surface area contributed by atoms with Gasteiger partial charge in [-0.1, -0.05) is 20.3 Å². The van der Waals surface area contributed by atoms with Gasteiger partial charge in [-0.3, -0.25) is 4.79 Å². The number of carbonyl (C=O) groups excluding carboxylic acids is 1. The molecule has 0 fully saturated rings. The topological polar surface area (TPSA) is 64.3 Å². The van der Waals surface area contributed by atoms with Gasteiger partial charge in [-0.15, -0.1) is 0 Å². The average molecular weight is 244 g/mol. The molecular weight excluding hydrogens is 228 g/mol. The van der Waals surface area contributed by atoms with Gasteiger partial charge >= 0.3 is 0 Å². The van der Waals surface area contributed by atoms with Gasteiger partial charge in [0.05, 0.1) is 5.75 Å². The van der Waals surface area contributed by atoms with Crippen molar-refractivity contribution in [2.75, 3.05) is 5.75 Å². The summed E-state index contributed by atoms with van der Waals surface area (Å²) in [7, 11) is -3.15. The first-order valence-electron chi connectivity index (χ1n) is 5.21. The highest BCUT2D eigenvalue weighted by atomic mass is 32.2. The summed E-state index contributed by atoms with van der Waals surface area (Å²) in [5, 5.41) is 0. The highest BCUT2D eigenvalue weighted by Crippen LogP contribution is 2.13. The summed E-state index contributed by atoms with van der Waals surface area (Å²) in [6.07, 6.45) is 1.39. The lowest BCUT2D eigenvalue weighted by atomic mass is 10.2. The molecule has 0 aromatic carbocycles. The van der Waals surface area contributed by atoms with Crippen LogP contribution in [-0.4, -0.2) is 20.5 Å². The largest absolute Gasteiger partial charge is 0.457 e. The highest BCUT2D eigenvalue weighted by molar-refractivity contribution is 7.90. The zero-order chi connectivity index (χ0) is 12.2. The van der Waals surface area contributed by atoms with E-state index in [9.17, 15) is 13.2 Å². The summed E-state index contributed by atoms with van der Waals surface area (Å²) in [4.78, 5) is 10.4. The Kier molecular flexibility index (Phi) is 4.29. The van der Waals surface area contributed by atoms with Crippen LogP contribution in [0.4, 0.5) is 0 Å². The molecule has 1 unspecified atom stereocenters. The number of hydrogen-bond donors (Lipinski definition) is 0. The Hall–Kier alpha value is -1.10. The molecule has 0 N–H and O–H groups in total. The van der Waals surface area contributed by atoms with E-state index >= 15 is 0 Å². The first-order valence-corrected chi connectivity index (χ1v) is 7.03. The van der Waals surface area contributed by atoms with Crippen LogP contribution in [0.25, 0.3) is 0 Å². The third kappa shape index (κ3) is 3.81. The summed E-state index contributed by atoms with van der Waals surface area (Å²) < 4.78 is 28.5. The Morgan fingerprint density at radius 3 is 2.62 bits per heavy atom. The van der Waals surface area contributed by atoms with Gasteiger partial charge in [-0.05, 0) is 18.1 Å². The molecule has 0 saturated carbocycles. The lowest BCUT2D eigenvalue weighted by molar-refractivity contribution is 0.109. The van der Waals surface area contributed by atoms with E-state index in [4.69, 9.17) is 4.42 Å². The third-order valence-corrected chi connectivity index (χ3v) is 4.20. The van der Waals surface area contributed by atoms with Crippen LogP contribution >= 0.6 is 0 Å².